The number of carbonyl (C=O) groups excluding carboxylic acids is 1. The fraction of sp³-hybridized carbons (Fsp3) is 0.333. The zero-order chi connectivity index (χ0) is 17.1. The third kappa shape index (κ3) is 3.75. The number of pyridine rings is 1. The van der Waals surface area contributed by atoms with Gasteiger partial charge in [-0.1, -0.05) is 18.2 Å². The van der Waals surface area contributed by atoms with Crippen molar-refractivity contribution in [2.75, 3.05) is 13.1 Å². The minimum atomic E-state index is -0.906. The molecule has 0 aliphatic carbocycles. The summed E-state index contributed by atoms with van der Waals surface area (Å²) < 4.78 is 26.6. The minimum Gasteiger partial charge on any atom is -0.337 e. The first-order chi connectivity index (χ1) is 11.5. The maximum Gasteiger partial charge on any atom is 0.275 e. The molecule has 2 aromatic rings. The number of aryl methyl sites for hydroxylation is 1. The van der Waals surface area contributed by atoms with Gasteiger partial charge in [-0.3, -0.25) is 4.79 Å². The fourth-order valence-electron chi connectivity index (χ4n) is 2.77. The molecule has 0 spiro atoms. The lowest BCUT2D eigenvalue weighted by molar-refractivity contribution is 0.0716. The highest BCUT2D eigenvalue weighted by Gasteiger charge is 2.27. The molecule has 1 fully saturated rings. The van der Waals surface area contributed by atoms with Crippen molar-refractivity contribution in [3.63, 3.8) is 0 Å². The van der Waals surface area contributed by atoms with Crippen LogP contribution < -0.4 is 0 Å². The lowest BCUT2D eigenvalue weighted by atomic mass is 10.1. The van der Waals surface area contributed by atoms with Crippen molar-refractivity contribution in [3.05, 3.63) is 59.4 Å². The highest BCUT2D eigenvalue weighted by molar-refractivity contribution is 8.00. The van der Waals surface area contributed by atoms with Gasteiger partial charge >= 0.3 is 0 Å². The van der Waals surface area contributed by atoms with Gasteiger partial charge in [-0.05, 0) is 31.4 Å². The van der Waals surface area contributed by atoms with Crippen LogP contribution in [-0.4, -0.2) is 34.1 Å². The molecule has 2 heterocycles. The molecule has 3 rings (SSSR count). The van der Waals surface area contributed by atoms with E-state index < -0.39 is 17.5 Å². The standard InChI is InChI=1S/C18H18F2N2OS/c1-12-4-2-3-5-16(12)24-14-6-8-22(9-7-14)18(23)17-15(20)10-13(19)11-21-17/h2-5,10-11,14H,6-9H2,1H3. The number of nitrogens with zero attached hydrogens (tertiary/aromatic N) is 2. The van der Waals surface area contributed by atoms with E-state index in [0.29, 0.717) is 24.4 Å². The first-order valence-corrected chi connectivity index (χ1v) is 8.75. The van der Waals surface area contributed by atoms with E-state index in [0.717, 1.165) is 19.0 Å². The highest BCUT2D eigenvalue weighted by Crippen LogP contribution is 2.32. The van der Waals surface area contributed by atoms with Crippen molar-refractivity contribution >= 4 is 17.7 Å². The molecular formula is C18H18F2N2OS. The molecule has 0 N–H and O–H groups in total. The summed E-state index contributed by atoms with van der Waals surface area (Å²) in [6, 6.07) is 8.93. The lowest BCUT2D eigenvalue weighted by Crippen LogP contribution is -2.40. The average Bonchev–Trinajstić information content (AvgIpc) is 2.57. The van der Waals surface area contributed by atoms with Crippen LogP contribution in [0.15, 0.2) is 41.4 Å². The molecule has 3 nitrogen and oxygen atoms in total. The summed E-state index contributed by atoms with van der Waals surface area (Å²) in [4.78, 5) is 18.8. The number of carbonyl (C=O) groups is 1. The van der Waals surface area contributed by atoms with E-state index in [1.54, 1.807) is 4.90 Å². The van der Waals surface area contributed by atoms with Crippen LogP contribution in [0, 0.1) is 18.6 Å². The van der Waals surface area contributed by atoms with Crippen molar-refractivity contribution < 1.29 is 13.6 Å². The predicted octanol–water partition coefficient (Wildman–Crippen LogP) is 4.07. The molecule has 1 aromatic carbocycles. The summed E-state index contributed by atoms with van der Waals surface area (Å²) >= 11 is 1.83. The number of halogens is 2. The third-order valence-electron chi connectivity index (χ3n) is 4.13. The Kier molecular flexibility index (Phi) is 5.14. The molecule has 1 aromatic heterocycles. The zero-order valence-corrected chi connectivity index (χ0v) is 14.2. The first kappa shape index (κ1) is 16.9. The van der Waals surface area contributed by atoms with E-state index in [4.69, 9.17) is 0 Å². The second kappa shape index (κ2) is 7.30. The number of benzene rings is 1. The number of hydrogen-bond acceptors (Lipinski definition) is 3. The third-order valence-corrected chi connectivity index (χ3v) is 5.64. The van der Waals surface area contributed by atoms with Crippen LogP contribution in [0.1, 0.15) is 28.9 Å². The summed E-state index contributed by atoms with van der Waals surface area (Å²) in [5, 5.41) is 0.432. The van der Waals surface area contributed by atoms with Gasteiger partial charge in [0.2, 0.25) is 0 Å². The maximum absolute atomic E-state index is 13.7. The van der Waals surface area contributed by atoms with Gasteiger partial charge in [0.1, 0.15) is 5.82 Å². The summed E-state index contributed by atoms with van der Waals surface area (Å²) in [5.41, 5.74) is 0.944. The number of amides is 1. The molecule has 0 unspecified atom stereocenters. The molecule has 1 aliphatic rings. The molecule has 1 amide bonds. The molecule has 24 heavy (non-hydrogen) atoms. The Bertz CT molecular complexity index is 746. The number of hydrogen-bond donors (Lipinski definition) is 0. The van der Waals surface area contributed by atoms with E-state index in [-0.39, 0.29) is 5.69 Å². The van der Waals surface area contributed by atoms with Gasteiger partial charge in [0.15, 0.2) is 11.5 Å². The Morgan fingerprint density at radius 3 is 2.62 bits per heavy atom. The second-order valence-electron chi connectivity index (χ2n) is 5.86. The van der Waals surface area contributed by atoms with Crippen molar-refractivity contribution in [1.82, 2.24) is 9.88 Å². The Labute approximate surface area is 144 Å². The topological polar surface area (TPSA) is 33.2 Å². The number of piperidine rings is 1. The van der Waals surface area contributed by atoms with E-state index in [1.807, 2.05) is 23.9 Å². The molecule has 0 bridgehead atoms. The molecule has 6 heteroatoms. The van der Waals surface area contributed by atoms with Crippen LogP contribution in [0.2, 0.25) is 0 Å². The smallest absolute Gasteiger partial charge is 0.275 e. The van der Waals surface area contributed by atoms with E-state index in [9.17, 15) is 13.6 Å². The van der Waals surface area contributed by atoms with Gasteiger partial charge in [0, 0.05) is 29.3 Å². The highest BCUT2D eigenvalue weighted by atomic mass is 32.2. The van der Waals surface area contributed by atoms with Crippen LogP contribution in [-0.2, 0) is 0 Å². The SMILES string of the molecule is Cc1ccccc1SC1CCN(C(=O)c2ncc(F)cc2F)CC1. The van der Waals surface area contributed by atoms with Crippen molar-refractivity contribution in [2.24, 2.45) is 0 Å². The molecular weight excluding hydrogens is 330 g/mol. The molecule has 0 saturated carbocycles. The summed E-state index contributed by atoms with van der Waals surface area (Å²) in [5.74, 6) is -2.15. The minimum absolute atomic E-state index is 0.304. The van der Waals surface area contributed by atoms with Gasteiger partial charge in [0.05, 0.1) is 6.20 Å². The average molecular weight is 348 g/mol. The van der Waals surface area contributed by atoms with E-state index in [1.165, 1.54) is 10.5 Å². The Morgan fingerprint density at radius 1 is 1.25 bits per heavy atom. The predicted molar refractivity (Wildman–Crippen MR) is 90.1 cm³/mol. The molecule has 0 atom stereocenters. The summed E-state index contributed by atoms with van der Waals surface area (Å²) in [6.45, 7) is 3.20. The first-order valence-electron chi connectivity index (χ1n) is 7.87. The van der Waals surface area contributed by atoms with E-state index in [2.05, 4.69) is 24.0 Å². The summed E-state index contributed by atoms with van der Waals surface area (Å²) in [7, 11) is 0. The Balaban J connectivity index is 1.60. The second-order valence-corrected chi connectivity index (χ2v) is 7.20. The van der Waals surface area contributed by atoms with Gasteiger partial charge in [-0.2, -0.15) is 0 Å². The van der Waals surface area contributed by atoms with E-state index >= 15 is 0 Å². The van der Waals surface area contributed by atoms with Gasteiger partial charge in [0.25, 0.3) is 5.91 Å². The molecule has 1 aliphatic heterocycles. The normalized spacial score (nSPS) is 15.5. The van der Waals surface area contributed by atoms with Gasteiger partial charge < -0.3 is 4.90 Å². The van der Waals surface area contributed by atoms with Crippen molar-refractivity contribution in [1.29, 1.82) is 0 Å². The monoisotopic (exact) mass is 348 g/mol. The zero-order valence-electron chi connectivity index (χ0n) is 13.3. The molecule has 126 valence electrons. The number of likely N-dealkylation sites (tertiary alicyclic amines) is 1. The molecule has 1 saturated heterocycles. The van der Waals surface area contributed by atoms with Crippen LogP contribution >= 0.6 is 11.8 Å². The van der Waals surface area contributed by atoms with Crippen molar-refractivity contribution in [2.45, 2.75) is 29.9 Å². The van der Waals surface area contributed by atoms with Crippen LogP contribution in [0.3, 0.4) is 0 Å². The number of thioether (sulfide) groups is 1. The van der Waals surface area contributed by atoms with Crippen LogP contribution in [0.5, 0.6) is 0 Å². The van der Waals surface area contributed by atoms with Crippen molar-refractivity contribution in [3.8, 4) is 0 Å². The number of rotatable bonds is 3. The number of aromatic nitrogens is 1. The largest absolute Gasteiger partial charge is 0.337 e. The Morgan fingerprint density at radius 2 is 1.96 bits per heavy atom. The Hall–Kier alpha value is -1.95. The van der Waals surface area contributed by atoms with Crippen LogP contribution in [0.4, 0.5) is 8.78 Å². The quantitative estimate of drug-likeness (QED) is 0.838. The summed E-state index contributed by atoms with van der Waals surface area (Å²) in [6.07, 6.45) is 2.55. The van der Waals surface area contributed by atoms with Gasteiger partial charge in [-0.15, -0.1) is 11.8 Å². The van der Waals surface area contributed by atoms with Crippen LogP contribution in [0.25, 0.3) is 0 Å². The lowest BCUT2D eigenvalue weighted by Gasteiger charge is -2.31. The maximum atomic E-state index is 13.7. The molecule has 0 radical (unpaired) electrons. The fourth-order valence-corrected chi connectivity index (χ4v) is 3.98. The van der Waals surface area contributed by atoms with Gasteiger partial charge in [-0.25, -0.2) is 13.8 Å².